The van der Waals surface area contributed by atoms with E-state index in [1.807, 2.05) is 9.47 Å². The molecule has 1 aliphatic carbocycles. The van der Waals surface area contributed by atoms with Gasteiger partial charge < -0.3 is 20.1 Å². The minimum Gasteiger partial charge on any atom is -0.365 e. The summed E-state index contributed by atoms with van der Waals surface area (Å²) >= 11 is 0. The van der Waals surface area contributed by atoms with Gasteiger partial charge in [-0.1, -0.05) is 0 Å². The number of nitrogens with one attached hydrogen (secondary N) is 2. The number of alkyl halides is 3. The van der Waals surface area contributed by atoms with Gasteiger partial charge in [0.1, 0.15) is 0 Å². The van der Waals surface area contributed by atoms with Crippen molar-refractivity contribution in [3.8, 4) is 0 Å². The minimum atomic E-state index is -4.39. The summed E-state index contributed by atoms with van der Waals surface area (Å²) in [6.45, 7) is 1.87. The number of aromatic nitrogens is 4. The first kappa shape index (κ1) is 20.5. The van der Waals surface area contributed by atoms with E-state index in [4.69, 9.17) is 0 Å². The molecule has 32 heavy (non-hydrogen) atoms. The number of hydrogen-bond acceptors (Lipinski definition) is 6. The van der Waals surface area contributed by atoms with Crippen molar-refractivity contribution >= 4 is 34.5 Å². The van der Waals surface area contributed by atoms with E-state index in [1.54, 1.807) is 6.33 Å². The molecule has 1 saturated carbocycles. The molecule has 1 aromatic carbocycles. The first-order valence-corrected chi connectivity index (χ1v) is 10.6. The first-order chi connectivity index (χ1) is 15.4. The molecule has 0 unspecified atom stereocenters. The highest BCUT2D eigenvalue weighted by atomic mass is 19.4. The molecule has 1 amide bonds. The van der Waals surface area contributed by atoms with Crippen molar-refractivity contribution in [3.05, 3.63) is 36.2 Å². The van der Waals surface area contributed by atoms with Gasteiger partial charge in [0.2, 0.25) is 11.9 Å². The summed E-state index contributed by atoms with van der Waals surface area (Å²) in [6, 6.07) is 5.06. The van der Waals surface area contributed by atoms with Crippen LogP contribution in [-0.4, -0.2) is 49.5 Å². The largest absolute Gasteiger partial charge is 0.416 e. The third kappa shape index (κ3) is 4.32. The van der Waals surface area contributed by atoms with Crippen LogP contribution in [0.3, 0.4) is 0 Å². The molecule has 2 fully saturated rings. The van der Waals surface area contributed by atoms with Crippen LogP contribution in [0.5, 0.6) is 0 Å². The van der Waals surface area contributed by atoms with Gasteiger partial charge in [0.25, 0.3) is 0 Å². The fourth-order valence-electron chi connectivity index (χ4n) is 3.73. The number of anilines is 3. The second-order valence-corrected chi connectivity index (χ2v) is 8.11. The van der Waals surface area contributed by atoms with E-state index < -0.39 is 11.7 Å². The van der Waals surface area contributed by atoms with E-state index in [-0.39, 0.29) is 11.9 Å². The number of rotatable bonds is 7. The van der Waals surface area contributed by atoms with E-state index in [0.29, 0.717) is 48.2 Å². The molecule has 0 atom stereocenters. The van der Waals surface area contributed by atoms with E-state index in [9.17, 15) is 18.0 Å². The average molecular weight is 445 g/mol. The Bertz CT molecular complexity index is 1140. The number of imidazole rings is 1. The summed E-state index contributed by atoms with van der Waals surface area (Å²) in [5, 5.41) is 6.35. The lowest BCUT2D eigenvalue weighted by Crippen LogP contribution is -2.28. The summed E-state index contributed by atoms with van der Waals surface area (Å²) in [5.41, 5.74) is 0.959. The summed E-state index contributed by atoms with van der Waals surface area (Å²) in [7, 11) is 0. The molecule has 8 nitrogen and oxygen atoms in total. The lowest BCUT2D eigenvalue weighted by molar-refractivity contribution is -0.137. The Hall–Kier alpha value is -3.37. The van der Waals surface area contributed by atoms with Gasteiger partial charge in [0, 0.05) is 37.8 Å². The van der Waals surface area contributed by atoms with Crippen molar-refractivity contribution < 1.29 is 18.0 Å². The summed E-state index contributed by atoms with van der Waals surface area (Å²) < 4.78 is 40.4. The van der Waals surface area contributed by atoms with E-state index in [2.05, 4.69) is 25.6 Å². The Kier molecular flexibility index (Phi) is 5.10. The van der Waals surface area contributed by atoms with Crippen molar-refractivity contribution in [2.45, 2.75) is 44.4 Å². The van der Waals surface area contributed by atoms with Gasteiger partial charge in [-0.15, -0.1) is 0 Å². The molecule has 5 rings (SSSR count). The standard InChI is InChI=1S/C21H22F3N7O/c22-21(23,24)13-3-5-15(6-4-13)27-20-28-18(26-14-7-8-14)17-19(29-20)31(12-25-17)11-10-30-9-1-2-16(30)32/h3-6,12,14H,1-2,7-11H2,(H2,26,27,28,29). The van der Waals surface area contributed by atoms with Crippen molar-refractivity contribution in [1.82, 2.24) is 24.4 Å². The van der Waals surface area contributed by atoms with Crippen LogP contribution in [-0.2, 0) is 17.5 Å². The molecular formula is C21H22F3N7O. The Morgan fingerprint density at radius 1 is 1.09 bits per heavy atom. The Labute approximate surface area is 181 Å². The van der Waals surface area contributed by atoms with Crippen LogP contribution in [0.15, 0.2) is 30.6 Å². The maximum atomic E-state index is 12.8. The van der Waals surface area contributed by atoms with Gasteiger partial charge in [-0.2, -0.15) is 23.1 Å². The fraction of sp³-hybridized carbons (Fsp3) is 0.429. The highest BCUT2D eigenvalue weighted by molar-refractivity contribution is 5.85. The number of hydrogen-bond donors (Lipinski definition) is 2. The third-order valence-corrected chi connectivity index (χ3v) is 5.63. The molecular weight excluding hydrogens is 423 g/mol. The molecule has 2 aromatic heterocycles. The molecule has 0 spiro atoms. The average Bonchev–Trinajstić information content (AvgIpc) is 3.32. The molecule has 168 valence electrons. The number of carbonyl (C=O) groups is 1. The molecule has 3 heterocycles. The zero-order valence-electron chi connectivity index (χ0n) is 17.2. The van der Waals surface area contributed by atoms with Crippen molar-refractivity contribution in [1.29, 1.82) is 0 Å². The molecule has 3 aromatic rings. The maximum Gasteiger partial charge on any atom is 0.416 e. The Morgan fingerprint density at radius 3 is 2.53 bits per heavy atom. The lowest BCUT2D eigenvalue weighted by Gasteiger charge is -2.16. The van der Waals surface area contributed by atoms with Crippen LogP contribution in [0.2, 0.25) is 0 Å². The zero-order chi connectivity index (χ0) is 22.3. The Balaban J connectivity index is 1.42. The lowest BCUT2D eigenvalue weighted by atomic mass is 10.2. The predicted octanol–water partition coefficient (Wildman–Crippen LogP) is 3.79. The highest BCUT2D eigenvalue weighted by Gasteiger charge is 2.30. The van der Waals surface area contributed by atoms with Crippen LogP contribution in [0, 0.1) is 0 Å². The number of amides is 1. The second kappa shape index (κ2) is 7.95. The number of fused-ring (bicyclic) bond motifs is 1. The van der Waals surface area contributed by atoms with Gasteiger partial charge in [-0.05, 0) is 43.5 Å². The number of halogens is 3. The molecule has 1 saturated heterocycles. The third-order valence-electron chi connectivity index (χ3n) is 5.63. The highest BCUT2D eigenvalue weighted by Crippen LogP contribution is 2.31. The van der Waals surface area contributed by atoms with Gasteiger partial charge in [-0.3, -0.25) is 4.79 Å². The monoisotopic (exact) mass is 445 g/mol. The van der Waals surface area contributed by atoms with Crippen molar-refractivity contribution in [2.75, 3.05) is 23.7 Å². The molecule has 1 aliphatic heterocycles. The van der Waals surface area contributed by atoms with Gasteiger partial charge >= 0.3 is 6.18 Å². The molecule has 2 aliphatic rings. The van der Waals surface area contributed by atoms with Crippen LogP contribution >= 0.6 is 0 Å². The van der Waals surface area contributed by atoms with Gasteiger partial charge in [0.05, 0.1) is 11.9 Å². The van der Waals surface area contributed by atoms with E-state index >= 15 is 0 Å². The quantitative estimate of drug-likeness (QED) is 0.576. The first-order valence-electron chi connectivity index (χ1n) is 10.6. The zero-order valence-corrected chi connectivity index (χ0v) is 17.2. The molecule has 2 N–H and O–H groups in total. The predicted molar refractivity (Wildman–Crippen MR) is 113 cm³/mol. The van der Waals surface area contributed by atoms with E-state index in [1.165, 1.54) is 12.1 Å². The fourth-order valence-corrected chi connectivity index (χ4v) is 3.73. The topological polar surface area (TPSA) is 88.0 Å². The molecule has 11 heteroatoms. The number of carbonyl (C=O) groups excluding carboxylic acids is 1. The van der Waals surface area contributed by atoms with Crippen LogP contribution < -0.4 is 10.6 Å². The van der Waals surface area contributed by atoms with Gasteiger partial charge in [-0.25, -0.2) is 4.98 Å². The Morgan fingerprint density at radius 2 is 1.88 bits per heavy atom. The van der Waals surface area contributed by atoms with Gasteiger partial charge in [0.15, 0.2) is 17.0 Å². The smallest absolute Gasteiger partial charge is 0.365 e. The van der Waals surface area contributed by atoms with Crippen molar-refractivity contribution in [2.24, 2.45) is 0 Å². The normalized spacial score (nSPS) is 16.7. The number of benzene rings is 1. The van der Waals surface area contributed by atoms with Crippen LogP contribution in [0.1, 0.15) is 31.2 Å². The SMILES string of the molecule is O=C1CCCN1CCn1cnc2c(NC3CC3)nc(Nc3ccc(C(F)(F)F)cc3)nc21. The maximum absolute atomic E-state index is 12.8. The summed E-state index contributed by atoms with van der Waals surface area (Å²) in [4.78, 5) is 27.3. The van der Waals surface area contributed by atoms with E-state index in [0.717, 1.165) is 37.9 Å². The number of likely N-dealkylation sites (tertiary alicyclic amines) is 1. The van der Waals surface area contributed by atoms with Crippen LogP contribution in [0.25, 0.3) is 11.2 Å². The van der Waals surface area contributed by atoms with Crippen LogP contribution in [0.4, 0.5) is 30.6 Å². The number of nitrogens with zero attached hydrogens (tertiary/aromatic N) is 5. The molecule has 0 bridgehead atoms. The summed E-state index contributed by atoms with van der Waals surface area (Å²) in [5.74, 6) is 1.01. The minimum absolute atomic E-state index is 0.157. The second-order valence-electron chi connectivity index (χ2n) is 8.11. The molecule has 0 radical (unpaired) electrons. The summed E-state index contributed by atoms with van der Waals surface area (Å²) in [6.07, 6.45) is 0.847. The van der Waals surface area contributed by atoms with Crippen molar-refractivity contribution in [3.63, 3.8) is 0 Å².